The van der Waals surface area contributed by atoms with Crippen molar-refractivity contribution < 1.29 is 9.53 Å². The molecule has 7 nitrogen and oxygen atoms in total. The van der Waals surface area contributed by atoms with Gasteiger partial charge in [-0.15, -0.1) is 5.10 Å². The smallest absolute Gasteiger partial charge is 0.273 e. The first kappa shape index (κ1) is 22.5. The molecule has 1 N–H and O–H groups in total. The molecule has 1 aromatic heterocycles. The summed E-state index contributed by atoms with van der Waals surface area (Å²) >= 11 is 6.50. The van der Waals surface area contributed by atoms with Crippen LogP contribution in [0.3, 0.4) is 0 Å². The molecule has 168 valence electrons. The number of ether oxygens (including phenoxy) is 1. The largest absolute Gasteiger partial charge is 0.379 e. The lowest BCUT2D eigenvalue weighted by Crippen LogP contribution is -2.44. The molecule has 0 spiro atoms. The maximum absolute atomic E-state index is 13.0. The third kappa shape index (κ3) is 4.85. The number of benzene rings is 2. The van der Waals surface area contributed by atoms with Gasteiger partial charge in [0.15, 0.2) is 5.69 Å². The van der Waals surface area contributed by atoms with Gasteiger partial charge in [-0.1, -0.05) is 47.5 Å². The van der Waals surface area contributed by atoms with Gasteiger partial charge in [-0.3, -0.25) is 9.69 Å². The number of aromatic nitrogens is 3. The van der Waals surface area contributed by atoms with Gasteiger partial charge in [0.25, 0.3) is 5.91 Å². The Morgan fingerprint density at radius 1 is 1.12 bits per heavy atom. The van der Waals surface area contributed by atoms with E-state index in [2.05, 4.69) is 26.5 Å². The number of carbonyl (C=O) groups excluding carboxylic acids is 1. The number of halogens is 1. The zero-order chi connectivity index (χ0) is 22.7. The molecule has 1 aliphatic rings. The van der Waals surface area contributed by atoms with Crippen LogP contribution in [0.15, 0.2) is 42.5 Å². The van der Waals surface area contributed by atoms with Crippen LogP contribution in [0.5, 0.6) is 0 Å². The summed E-state index contributed by atoms with van der Waals surface area (Å²) in [5.41, 5.74) is 4.99. The highest BCUT2D eigenvalue weighted by atomic mass is 35.5. The van der Waals surface area contributed by atoms with Crippen molar-refractivity contribution in [2.24, 2.45) is 0 Å². The minimum absolute atomic E-state index is 0.0498. The maximum Gasteiger partial charge on any atom is 0.273 e. The molecule has 1 aliphatic heterocycles. The highest BCUT2D eigenvalue weighted by Crippen LogP contribution is 2.28. The molecular formula is C24H28ClN5O2. The molecule has 0 radical (unpaired) electrons. The van der Waals surface area contributed by atoms with Gasteiger partial charge < -0.3 is 10.1 Å². The Bertz CT molecular complexity index is 1110. The highest BCUT2D eigenvalue weighted by Gasteiger charge is 2.26. The van der Waals surface area contributed by atoms with E-state index < -0.39 is 0 Å². The van der Waals surface area contributed by atoms with E-state index in [-0.39, 0.29) is 11.9 Å². The van der Waals surface area contributed by atoms with Crippen LogP contribution in [0.1, 0.15) is 38.9 Å². The van der Waals surface area contributed by atoms with Crippen molar-refractivity contribution >= 4 is 17.5 Å². The van der Waals surface area contributed by atoms with Gasteiger partial charge in [-0.05, 0) is 44.0 Å². The number of aryl methyl sites for hydroxylation is 3. The van der Waals surface area contributed by atoms with Gasteiger partial charge in [-0.2, -0.15) is 9.90 Å². The van der Waals surface area contributed by atoms with Crippen LogP contribution in [0.2, 0.25) is 5.02 Å². The molecule has 8 heteroatoms. The second-order valence-electron chi connectivity index (χ2n) is 8.11. The molecule has 32 heavy (non-hydrogen) atoms. The zero-order valence-electron chi connectivity index (χ0n) is 18.6. The SMILES string of the molecule is Cc1ccc(-n2nc(C)c(C(=O)NCC(c3ccccc3Cl)N3CCOCC3)n2)c(C)c1. The standard InChI is InChI=1S/C24H28ClN5O2/c1-16-8-9-21(17(2)14-16)30-27-18(3)23(28-30)24(31)26-15-22(29-10-12-32-13-11-29)19-6-4-5-7-20(19)25/h4-9,14,22H,10-13,15H2,1-3H3,(H,26,31). The van der Waals surface area contributed by atoms with Gasteiger partial charge in [-0.25, -0.2) is 0 Å². The predicted octanol–water partition coefficient (Wildman–Crippen LogP) is 3.65. The van der Waals surface area contributed by atoms with Crippen LogP contribution < -0.4 is 5.32 Å². The lowest BCUT2D eigenvalue weighted by Gasteiger charge is -2.35. The first-order valence-corrected chi connectivity index (χ1v) is 11.2. The molecule has 1 fully saturated rings. The molecule has 0 bridgehead atoms. The van der Waals surface area contributed by atoms with Gasteiger partial charge in [0.1, 0.15) is 0 Å². The van der Waals surface area contributed by atoms with Crippen molar-refractivity contribution in [2.75, 3.05) is 32.8 Å². The van der Waals surface area contributed by atoms with Crippen molar-refractivity contribution in [1.82, 2.24) is 25.2 Å². The minimum Gasteiger partial charge on any atom is -0.379 e. The number of nitrogens with zero attached hydrogens (tertiary/aromatic N) is 4. The summed E-state index contributed by atoms with van der Waals surface area (Å²) in [6, 6.07) is 13.8. The Hall–Kier alpha value is -2.74. The minimum atomic E-state index is -0.246. The monoisotopic (exact) mass is 453 g/mol. The number of nitrogens with one attached hydrogen (secondary N) is 1. The molecular weight excluding hydrogens is 426 g/mol. The maximum atomic E-state index is 13.0. The first-order chi connectivity index (χ1) is 15.4. The lowest BCUT2D eigenvalue weighted by atomic mass is 10.0. The Labute approximate surface area is 193 Å². The summed E-state index contributed by atoms with van der Waals surface area (Å²) in [7, 11) is 0. The normalized spacial score (nSPS) is 15.5. The fourth-order valence-electron chi connectivity index (χ4n) is 4.07. The van der Waals surface area contributed by atoms with E-state index in [0.717, 1.165) is 29.9 Å². The van der Waals surface area contributed by atoms with Crippen LogP contribution in [-0.4, -0.2) is 58.6 Å². The number of rotatable bonds is 6. The lowest BCUT2D eigenvalue weighted by molar-refractivity contribution is 0.0162. The third-order valence-electron chi connectivity index (χ3n) is 5.77. The number of hydrogen-bond acceptors (Lipinski definition) is 5. The molecule has 3 aromatic rings. The van der Waals surface area contributed by atoms with E-state index in [1.807, 2.05) is 50.2 Å². The topological polar surface area (TPSA) is 72.3 Å². The molecule has 2 aromatic carbocycles. The summed E-state index contributed by atoms with van der Waals surface area (Å²) in [5, 5.41) is 12.7. The number of hydrogen-bond donors (Lipinski definition) is 1. The van der Waals surface area contributed by atoms with E-state index in [4.69, 9.17) is 16.3 Å². The summed E-state index contributed by atoms with van der Waals surface area (Å²) in [6.45, 7) is 9.17. The molecule has 2 heterocycles. The third-order valence-corrected chi connectivity index (χ3v) is 6.12. The second-order valence-corrected chi connectivity index (χ2v) is 8.52. The van der Waals surface area contributed by atoms with Crippen LogP contribution in [0.25, 0.3) is 5.69 Å². The van der Waals surface area contributed by atoms with Crippen molar-refractivity contribution in [3.05, 3.63) is 75.6 Å². The van der Waals surface area contributed by atoms with Gasteiger partial charge in [0.2, 0.25) is 0 Å². The summed E-state index contributed by atoms with van der Waals surface area (Å²) < 4.78 is 5.51. The highest BCUT2D eigenvalue weighted by molar-refractivity contribution is 6.31. The Kier molecular flexibility index (Phi) is 6.89. The molecule has 0 saturated carbocycles. The molecule has 1 unspecified atom stereocenters. The van der Waals surface area contributed by atoms with Crippen molar-refractivity contribution in [3.8, 4) is 5.69 Å². The molecule has 1 saturated heterocycles. The number of amides is 1. The van der Waals surface area contributed by atoms with Gasteiger partial charge in [0, 0.05) is 24.7 Å². The Morgan fingerprint density at radius 3 is 2.59 bits per heavy atom. The average molecular weight is 454 g/mol. The van der Waals surface area contributed by atoms with Crippen molar-refractivity contribution in [2.45, 2.75) is 26.8 Å². The van der Waals surface area contributed by atoms with Crippen LogP contribution in [0, 0.1) is 20.8 Å². The van der Waals surface area contributed by atoms with Gasteiger partial charge >= 0.3 is 0 Å². The van der Waals surface area contributed by atoms with E-state index in [0.29, 0.717) is 36.2 Å². The van der Waals surface area contributed by atoms with Crippen molar-refractivity contribution in [3.63, 3.8) is 0 Å². The van der Waals surface area contributed by atoms with E-state index >= 15 is 0 Å². The predicted molar refractivity (Wildman–Crippen MR) is 124 cm³/mol. The molecule has 1 atom stereocenters. The van der Waals surface area contributed by atoms with Crippen molar-refractivity contribution in [1.29, 1.82) is 0 Å². The molecule has 4 rings (SSSR count). The van der Waals surface area contributed by atoms with Gasteiger partial charge in [0.05, 0.1) is 30.6 Å². The quantitative estimate of drug-likeness (QED) is 0.616. The fraction of sp³-hybridized carbons (Fsp3) is 0.375. The summed E-state index contributed by atoms with van der Waals surface area (Å²) in [5.74, 6) is -0.246. The fourth-order valence-corrected chi connectivity index (χ4v) is 4.33. The Balaban J connectivity index is 1.53. The van der Waals surface area contributed by atoms with Crippen LogP contribution >= 0.6 is 11.6 Å². The van der Waals surface area contributed by atoms with E-state index in [1.165, 1.54) is 10.4 Å². The van der Waals surface area contributed by atoms with Crippen LogP contribution in [-0.2, 0) is 4.74 Å². The molecule has 0 aliphatic carbocycles. The summed E-state index contributed by atoms with van der Waals surface area (Å²) in [6.07, 6.45) is 0. The van der Waals surface area contributed by atoms with E-state index in [9.17, 15) is 4.79 Å². The molecule has 1 amide bonds. The average Bonchev–Trinajstić information content (AvgIpc) is 3.17. The summed E-state index contributed by atoms with van der Waals surface area (Å²) in [4.78, 5) is 16.9. The second kappa shape index (κ2) is 9.81. The number of morpholine rings is 1. The number of carbonyl (C=O) groups is 1. The van der Waals surface area contributed by atoms with Crippen LogP contribution in [0.4, 0.5) is 0 Å². The first-order valence-electron chi connectivity index (χ1n) is 10.8. The Morgan fingerprint density at radius 2 is 1.88 bits per heavy atom. The zero-order valence-corrected chi connectivity index (χ0v) is 19.4. The van der Waals surface area contributed by atoms with E-state index in [1.54, 1.807) is 6.92 Å².